The minimum atomic E-state index is -4.72. The van der Waals surface area contributed by atoms with Crippen LogP contribution in [-0.4, -0.2) is 32.2 Å². The summed E-state index contributed by atoms with van der Waals surface area (Å²) in [5.41, 5.74) is 1.61. The average Bonchev–Trinajstić information content (AvgIpc) is 2.60. The molecule has 0 radical (unpaired) electrons. The summed E-state index contributed by atoms with van der Waals surface area (Å²) in [6, 6.07) is 9.66. The zero-order valence-electron chi connectivity index (χ0n) is 14.3. The second kappa shape index (κ2) is 7.33. The van der Waals surface area contributed by atoms with Crippen molar-refractivity contribution in [1.29, 1.82) is 0 Å². The van der Waals surface area contributed by atoms with Gasteiger partial charge in [0.1, 0.15) is 18.2 Å². The molecule has 0 aromatic heterocycles. The van der Waals surface area contributed by atoms with E-state index in [1.54, 1.807) is 14.2 Å². The fourth-order valence-corrected chi connectivity index (χ4v) is 2.80. The first-order valence-electron chi connectivity index (χ1n) is 7.82. The van der Waals surface area contributed by atoms with E-state index in [1.165, 1.54) is 18.2 Å². The first-order valence-corrected chi connectivity index (χ1v) is 7.82. The fourth-order valence-electron chi connectivity index (χ4n) is 2.80. The monoisotopic (exact) mass is 369 g/mol. The molecule has 0 N–H and O–H groups in total. The van der Waals surface area contributed by atoms with E-state index in [0.717, 1.165) is 5.56 Å². The van der Waals surface area contributed by atoms with Crippen LogP contribution in [0.3, 0.4) is 0 Å². The Morgan fingerprint density at radius 3 is 2.50 bits per heavy atom. The van der Waals surface area contributed by atoms with Crippen molar-refractivity contribution in [2.24, 2.45) is 0 Å². The van der Waals surface area contributed by atoms with Crippen molar-refractivity contribution in [1.82, 2.24) is 4.90 Å². The molecule has 0 unspecified atom stereocenters. The Balaban J connectivity index is 1.72. The second-order valence-electron chi connectivity index (χ2n) is 5.77. The zero-order valence-corrected chi connectivity index (χ0v) is 14.3. The number of alkyl halides is 3. The summed E-state index contributed by atoms with van der Waals surface area (Å²) in [5.74, 6) is 1.55. The summed E-state index contributed by atoms with van der Waals surface area (Å²) in [6.07, 6.45) is -4.72. The lowest BCUT2D eigenvalue weighted by molar-refractivity contribution is -0.274. The standard InChI is InChI=1S/C18H18F3NO4/c1-23-16-5-3-12(7-17(16)24-2)9-22-10-13-8-14(26-18(19,20)21)4-6-15(13)25-11-22/h3-8H,9-11H2,1-2H3. The van der Waals surface area contributed by atoms with Crippen LogP contribution in [0, 0.1) is 0 Å². The molecule has 0 bridgehead atoms. The maximum atomic E-state index is 12.4. The molecule has 0 aliphatic carbocycles. The number of ether oxygens (including phenoxy) is 4. The van der Waals surface area contributed by atoms with Crippen LogP contribution in [0.5, 0.6) is 23.0 Å². The molecular formula is C18H18F3NO4. The quantitative estimate of drug-likeness (QED) is 0.798. The number of methoxy groups -OCH3 is 2. The van der Waals surface area contributed by atoms with Gasteiger partial charge in [-0.3, -0.25) is 4.90 Å². The number of rotatable bonds is 5. The van der Waals surface area contributed by atoms with E-state index in [4.69, 9.17) is 14.2 Å². The molecule has 0 spiro atoms. The van der Waals surface area contributed by atoms with Gasteiger partial charge in [-0.05, 0) is 35.9 Å². The molecule has 26 heavy (non-hydrogen) atoms. The van der Waals surface area contributed by atoms with E-state index >= 15 is 0 Å². The molecule has 0 fully saturated rings. The van der Waals surface area contributed by atoms with E-state index in [2.05, 4.69) is 4.74 Å². The smallest absolute Gasteiger partial charge is 0.493 e. The summed E-state index contributed by atoms with van der Waals surface area (Å²) >= 11 is 0. The molecule has 0 saturated heterocycles. The molecule has 1 heterocycles. The summed E-state index contributed by atoms with van der Waals surface area (Å²) in [4.78, 5) is 1.96. The predicted octanol–water partition coefficient (Wildman–Crippen LogP) is 3.95. The van der Waals surface area contributed by atoms with Gasteiger partial charge < -0.3 is 18.9 Å². The number of hydrogen-bond acceptors (Lipinski definition) is 5. The third-order valence-electron chi connectivity index (χ3n) is 3.92. The van der Waals surface area contributed by atoms with Crippen LogP contribution in [-0.2, 0) is 13.1 Å². The molecule has 5 nitrogen and oxygen atoms in total. The van der Waals surface area contributed by atoms with Crippen LogP contribution >= 0.6 is 0 Å². The van der Waals surface area contributed by atoms with E-state index in [1.807, 2.05) is 23.1 Å². The van der Waals surface area contributed by atoms with E-state index in [-0.39, 0.29) is 5.75 Å². The van der Waals surface area contributed by atoms with Gasteiger partial charge >= 0.3 is 6.36 Å². The highest BCUT2D eigenvalue weighted by molar-refractivity contribution is 5.43. The molecular weight excluding hydrogens is 351 g/mol. The van der Waals surface area contributed by atoms with Crippen molar-refractivity contribution in [2.75, 3.05) is 21.0 Å². The summed E-state index contributed by atoms with van der Waals surface area (Å²) in [6.45, 7) is 1.32. The van der Waals surface area contributed by atoms with Gasteiger partial charge in [0.25, 0.3) is 0 Å². The van der Waals surface area contributed by atoms with Crippen LogP contribution in [0.1, 0.15) is 11.1 Å². The molecule has 1 aliphatic rings. The second-order valence-corrected chi connectivity index (χ2v) is 5.77. The van der Waals surface area contributed by atoms with Gasteiger partial charge in [-0.1, -0.05) is 6.07 Å². The zero-order chi connectivity index (χ0) is 18.7. The largest absolute Gasteiger partial charge is 0.573 e. The van der Waals surface area contributed by atoms with E-state index < -0.39 is 6.36 Å². The molecule has 8 heteroatoms. The third-order valence-corrected chi connectivity index (χ3v) is 3.92. The Bertz CT molecular complexity index is 780. The molecule has 3 rings (SSSR count). The van der Waals surface area contributed by atoms with Crippen molar-refractivity contribution >= 4 is 0 Å². The number of halogens is 3. The van der Waals surface area contributed by atoms with Crippen molar-refractivity contribution in [3.05, 3.63) is 47.5 Å². The van der Waals surface area contributed by atoms with Crippen LogP contribution in [0.4, 0.5) is 13.2 Å². The lowest BCUT2D eigenvalue weighted by Crippen LogP contribution is -2.31. The van der Waals surface area contributed by atoms with Gasteiger partial charge in [0.15, 0.2) is 11.5 Å². The summed E-state index contributed by atoms with van der Waals surface area (Å²) < 4.78 is 57.3. The maximum absolute atomic E-state index is 12.4. The Morgan fingerprint density at radius 2 is 1.81 bits per heavy atom. The van der Waals surface area contributed by atoms with Gasteiger partial charge in [0.2, 0.25) is 0 Å². The first-order chi connectivity index (χ1) is 12.4. The Labute approximate surface area is 148 Å². The van der Waals surface area contributed by atoms with Crippen molar-refractivity contribution in [3.63, 3.8) is 0 Å². The van der Waals surface area contributed by atoms with Gasteiger partial charge in [0, 0.05) is 18.7 Å². The lowest BCUT2D eigenvalue weighted by Gasteiger charge is -2.29. The Kier molecular flexibility index (Phi) is 5.13. The van der Waals surface area contributed by atoms with Crippen molar-refractivity contribution in [3.8, 4) is 23.0 Å². The molecule has 0 saturated carbocycles. The highest BCUT2D eigenvalue weighted by Gasteiger charge is 2.31. The minimum Gasteiger partial charge on any atom is -0.493 e. The molecule has 0 atom stereocenters. The highest BCUT2D eigenvalue weighted by Crippen LogP contribution is 2.33. The summed E-state index contributed by atoms with van der Waals surface area (Å²) in [5, 5.41) is 0. The average molecular weight is 369 g/mol. The normalized spacial score (nSPS) is 14.3. The number of fused-ring (bicyclic) bond motifs is 1. The molecule has 1 aliphatic heterocycles. The highest BCUT2D eigenvalue weighted by atomic mass is 19.4. The van der Waals surface area contributed by atoms with Gasteiger partial charge in [0.05, 0.1) is 14.2 Å². The number of benzene rings is 2. The van der Waals surface area contributed by atoms with E-state index in [0.29, 0.717) is 42.6 Å². The van der Waals surface area contributed by atoms with Crippen LogP contribution in [0.15, 0.2) is 36.4 Å². The number of hydrogen-bond donors (Lipinski definition) is 0. The first kappa shape index (κ1) is 18.2. The number of nitrogens with zero attached hydrogens (tertiary/aromatic N) is 1. The molecule has 140 valence electrons. The Morgan fingerprint density at radius 1 is 1.04 bits per heavy atom. The van der Waals surface area contributed by atoms with Gasteiger partial charge in [-0.15, -0.1) is 13.2 Å². The van der Waals surface area contributed by atoms with Crippen molar-refractivity contribution in [2.45, 2.75) is 19.5 Å². The summed E-state index contributed by atoms with van der Waals surface area (Å²) in [7, 11) is 3.12. The molecule has 0 amide bonds. The van der Waals surface area contributed by atoms with Crippen LogP contribution in [0.2, 0.25) is 0 Å². The Hall–Kier alpha value is -2.61. The maximum Gasteiger partial charge on any atom is 0.573 e. The molecule has 2 aromatic carbocycles. The van der Waals surface area contributed by atoms with Crippen LogP contribution in [0.25, 0.3) is 0 Å². The minimum absolute atomic E-state index is 0.257. The fraction of sp³-hybridized carbons (Fsp3) is 0.333. The lowest BCUT2D eigenvalue weighted by atomic mass is 10.1. The SMILES string of the molecule is COc1ccc(CN2COc3ccc(OC(F)(F)F)cc3C2)cc1OC. The molecule has 2 aromatic rings. The van der Waals surface area contributed by atoms with E-state index in [9.17, 15) is 13.2 Å². The predicted molar refractivity (Wildman–Crippen MR) is 87.4 cm³/mol. The van der Waals surface area contributed by atoms with Crippen molar-refractivity contribution < 1.29 is 32.1 Å². The van der Waals surface area contributed by atoms with Gasteiger partial charge in [-0.2, -0.15) is 0 Å². The third kappa shape index (κ3) is 4.32. The van der Waals surface area contributed by atoms with Crippen LogP contribution < -0.4 is 18.9 Å². The van der Waals surface area contributed by atoms with Gasteiger partial charge in [-0.25, -0.2) is 0 Å². The topological polar surface area (TPSA) is 40.2 Å².